The molecule has 2 rings (SSSR count). The first-order chi connectivity index (χ1) is 7.17. The van der Waals surface area contributed by atoms with Crippen LogP contribution in [0.25, 0.3) is 0 Å². The Hall–Kier alpha value is -0.0900. The molecule has 0 radical (unpaired) electrons. The van der Waals surface area contributed by atoms with E-state index in [2.05, 4.69) is 21.2 Å². The first-order valence-electron chi connectivity index (χ1n) is 5.66. The van der Waals surface area contributed by atoms with Crippen LogP contribution in [0.4, 0.5) is 0 Å². The summed E-state index contributed by atoms with van der Waals surface area (Å²) in [6, 6.07) is 0. The topological polar surface area (TPSA) is 38.3 Å². The Balaban J connectivity index is 1.91. The largest absolute Gasteiger partial charge is 0.378 e. The number of alkyl halides is 1. The Morgan fingerprint density at radius 1 is 1.60 bits per heavy atom. The number of rotatable bonds is 3. The van der Waals surface area contributed by atoms with E-state index in [-0.39, 0.29) is 23.5 Å². The molecule has 0 aromatic carbocycles. The molecule has 0 aromatic rings. The monoisotopic (exact) mass is 275 g/mol. The molecular formula is C11H18BrNO2. The zero-order valence-electron chi connectivity index (χ0n) is 9.09. The highest BCUT2D eigenvalue weighted by Crippen LogP contribution is 2.34. The highest BCUT2D eigenvalue weighted by atomic mass is 79.9. The van der Waals surface area contributed by atoms with Gasteiger partial charge >= 0.3 is 0 Å². The van der Waals surface area contributed by atoms with Crippen molar-refractivity contribution >= 4 is 21.8 Å². The molecule has 4 heteroatoms. The smallest absolute Gasteiger partial charge is 0.226 e. The minimum absolute atomic E-state index is 0.0411. The summed E-state index contributed by atoms with van der Waals surface area (Å²) in [5, 5.41) is 4.05. The number of hydrogen-bond acceptors (Lipinski definition) is 2. The van der Waals surface area contributed by atoms with Crippen molar-refractivity contribution in [3.63, 3.8) is 0 Å². The number of halogens is 1. The van der Waals surface area contributed by atoms with E-state index < -0.39 is 0 Å². The van der Waals surface area contributed by atoms with Crippen molar-refractivity contribution in [2.45, 2.75) is 44.2 Å². The second-order valence-electron chi connectivity index (χ2n) is 4.73. The lowest BCUT2D eigenvalue weighted by atomic mass is 9.78. The summed E-state index contributed by atoms with van der Waals surface area (Å²) in [5.74, 6) is 0.237. The van der Waals surface area contributed by atoms with Gasteiger partial charge in [-0.25, -0.2) is 0 Å². The molecule has 2 fully saturated rings. The van der Waals surface area contributed by atoms with Gasteiger partial charge < -0.3 is 10.1 Å². The molecule has 1 saturated carbocycles. The summed E-state index contributed by atoms with van der Waals surface area (Å²) >= 11 is 3.49. The molecule has 1 N–H and O–H groups in total. The lowest BCUT2D eigenvalue weighted by molar-refractivity contribution is -0.129. The van der Waals surface area contributed by atoms with E-state index in [0.717, 1.165) is 31.2 Å². The molecule has 1 amide bonds. The van der Waals surface area contributed by atoms with Crippen molar-refractivity contribution in [2.24, 2.45) is 5.92 Å². The van der Waals surface area contributed by atoms with Crippen LogP contribution < -0.4 is 5.32 Å². The third-order valence-corrected chi connectivity index (χ3v) is 4.74. The fraction of sp³-hybridized carbons (Fsp3) is 0.909. The molecule has 3 nitrogen and oxygen atoms in total. The number of carbonyl (C=O) groups excluding carboxylic acids is 1. The average molecular weight is 276 g/mol. The predicted molar refractivity (Wildman–Crippen MR) is 62.0 cm³/mol. The summed E-state index contributed by atoms with van der Waals surface area (Å²) in [4.78, 5) is 12.0. The number of amides is 1. The van der Waals surface area contributed by atoms with E-state index in [1.54, 1.807) is 0 Å². The van der Waals surface area contributed by atoms with Crippen LogP contribution in [0, 0.1) is 5.92 Å². The van der Waals surface area contributed by atoms with Gasteiger partial charge in [0.2, 0.25) is 5.91 Å². The van der Waals surface area contributed by atoms with E-state index in [9.17, 15) is 4.79 Å². The van der Waals surface area contributed by atoms with Crippen LogP contribution in [0.15, 0.2) is 0 Å². The minimum atomic E-state index is 0.0411. The van der Waals surface area contributed by atoms with Gasteiger partial charge in [0.05, 0.1) is 12.0 Å². The molecule has 1 saturated heterocycles. The van der Waals surface area contributed by atoms with E-state index in [4.69, 9.17) is 4.74 Å². The van der Waals surface area contributed by atoms with Gasteiger partial charge in [0.25, 0.3) is 0 Å². The molecule has 2 atom stereocenters. The number of nitrogens with one attached hydrogen (secondary N) is 1. The van der Waals surface area contributed by atoms with E-state index in [1.807, 2.05) is 6.92 Å². The molecule has 0 aromatic heterocycles. The molecule has 2 unspecified atom stereocenters. The first-order valence-corrected chi connectivity index (χ1v) is 6.79. The molecule has 0 spiro atoms. The molecule has 1 heterocycles. The van der Waals surface area contributed by atoms with Gasteiger partial charge in [-0.1, -0.05) is 15.9 Å². The summed E-state index contributed by atoms with van der Waals surface area (Å²) in [6.45, 7) is 2.71. The Bertz CT molecular complexity index is 247. The highest BCUT2D eigenvalue weighted by molar-refractivity contribution is 9.09. The van der Waals surface area contributed by atoms with Gasteiger partial charge in [-0.3, -0.25) is 4.79 Å². The minimum Gasteiger partial charge on any atom is -0.378 e. The van der Waals surface area contributed by atoms with Crippen LogP contribution in [0.3, 0.4) is 0 Å². The van der Waals surface area contributed by atoms with Crippen molar-refractivity contribution in [1.82, 2.24) is 5.32 Å². The van der Waals surface area contributed by atoms with Crippen molar-refractivity contribution < 1.29 is 9.53 Å². The van der Waals surface area contributed by atoms with E-state index in [0.29, 0.717) is 0 Å². The molecule has 2 aliphatic rings. The standard InChI is InChI=1S/C11H18BrNO2/c1-8-9(3-6-15-8)10(14)13-11(7-12)4-2-5-11/h8-9H,2-7H2,1H3,(H,13,14). The summed E-state index contributed by atoms with van der Waals surface area (Å²) in [6.07, 6.45) is 4.38. The van der Waals surface area contributed by atoms with Crippen LogP contribution in [-0.2, 0) is 9.53 Å². The van der Waals surface area contributed by atoms with Gasteiger partial charge in [-0.05, 0) is 32.6 Å². The number of ether oxygens (including phenoxy) is 1. The SMILES string of the molecule is CC1OCCC1C(=O)NC1(CBr)CCC1. The maximum atomic E-state index is 12.0. The average Bonchev–Trinajstić information content (AvgIpc) is 2.58. The molecule has 86 valence electrons. The Kier molecular flexibility index (Phi) is 3.36. The quantitative estimate of drug-likeness (QED) is 0.799. The maximum absolute atomic E-state index is 12.0. The van der Waals surface area contributed by atoms with Gasteiger partial charge in [0, 0.05) is 17.5 Å². The number of carbonyl (C=O) groups is 1. The van der Waals surface area contributed by atoms with E-state index in [1.165, 1.54) is 6.42 Å². The lowest BCUT2D eigenvalue weighted by Gasteiger charge is -2.42. The third kappa shape index (κ3) is 2.21. The summed E-state index contributed by atoms with van der Waals surface area (Å²) in [7, 11) is 0. The van der Waals surface area contributed by atoms with Crippen molar-refractivity contribution in [3.8, 4) is 0 Å². The van der Waals surface area contributed by atoms with Crippen LogP contribution >= 0.6 is 15.9 Å². The zero-order chi connectivity index (χ0) is 10.9. The molecule has 15 heavy (non-hydrogen) atoms. The van der Waals surface area contributed by atoms with Crippen molar-refractivity contribution in [2.75, 3.05) is 11.9 Å². The first kappa shape index (κ1) is 11.4. The normalized spacial score (nSPS) is 33.5. The fourth-order valence-electron chi connectivity index (χ4n) is 2.33. The second-order valence-corrected chi connectivity index (χ2v) is 5.29. The molecular weight excluding hydrogens is 258 g/mol. The maximum Gasteiger partial charge on any atom is 0.226 e. The lowest BCUT2D eigenvalue weighted by Crippen LogP contribution is -2.56. The number of hydrogen-bond donors (Lipinski definition) is 1. The van der Waals surface area contributed by atoms with Crippen molar-refractivity contribution in [3.05, 3.63) is 0 Å². The van der Waals surface area contributed by atoms with Gasteiger partial charge in [-0.2, -0.15) is 0 Å². The van der Waals surface area contributed by atoms with Crippen LogP contribution in [0.1, 0.15) is 32.6 Å². The Labute approximate surface area is 99.1 Å². The third-order valence-electron chi connectivity index (χ3n) is 3.67. The van der Waals surface area contributed by atoms with Gasteiger partial charge in [0.1, 0.15) is 0 Å². The second kappa shape index (κ2) is 4.42. The fourth-order valence-corrected chi connectivity index (χ4v) is 3.03. The van der Waals surface area contributed by atoms with Crippen molar-refractivity contribution in [1.29, 1.82) is 0 Å². The predicted octanol–water partition coefficient (Wildman–Crippen LogP) is 1.85. The molecule has 1 aliphatic carbocycles. The van der Waals surface area contributed by atoms with Crippen LogP contribution in [-0.4, -0.2) is 29.5 Å². The molecule has 1 aliphatic heterocycles. The van der Waals surface area contributed by atoms with Gasteiger partial charge in [-0.15, -0.1) is 0 Å². The zero-order valence-corrected chi connectivity index (χ0v) is 10.7. The Morgan fingerprint density at radius 3 is 2.73 bits per heavy atom. The van der Waals surface area contributed by atoms with Crippen LogP contribution in [0.2, 0.25) is 0 Å². The van der Waals surface area contributed by atoms with Crippen LogP contribution in [0.5, 0.6) is 0 Å². The van der Waals surface area contributed by atoms with Gasteiger partial charge in [0.15, 0.2) is 0 Å². The summed E-state index contributed by atoms with van der Waals surface area (Å²) in [5.41, 5.74) is 0.0411. The van der Waals surface area contributed by atoms with E-state index >= 15 is 0 Å². The molecule has 0 bridgehead atoms. The Morgan fingerprint density at radius 2 is 2.33 bits per heavy atom. The summed E-state index contributed by atoms with van der Waals surface area (Å²) < 4.78 is 5.41. The highest BCUT2D eigenvalue weighted by Gasteiger charge is 2.40.